The third kappa shape index (κ3) is 5.89. The predicted molar refractivity (Wildman–Crippen MR) is 106 cm³/mol. The maximum atomic E-state index is 12.6. The molecule has 0 saturated carbocycles. The molecule has 0 aromatic heterocycles. The van der Waals surface area contributed by atoms with E-state index < -0.39 is 21.7 Å². The van der Waals surface area contributed by atoms with Gasteiger partial charge in [-0.2, -0.15) is 0 Å². The van der Waals surface area contributed by atoms with Crippen molar-refractivity contribution < 1.29 is 17.9 Å². The number of hydrogen-bond acceptors (Lipinski definition) is 4. The first kappa shape index (κ1) is 20.5. The smallest absolute Gasteiger partial charge is 0.412 e. The molecule has 0 saturated heterocycles. The first-order valence-corrected chi connectivity index (χ1v) is 10.2. The number of benzene rings is 2. The highest BCUT2D eigenvalue weighted by Crippen LogP contribution is 2.27. The summed E-state index contributed by atoms with van der Waals surface area (Å²) in [6, 6.07) is 10.7. The van der Waals surface area contributed by atoms with Gasteiger partial charge in [0, 0.05) is 10.2 Å². The Hall–Kier alpha value is -1.77. The van der Waals surface area contributed by atoms with Gasteiger partial charge < -0.3 is 4.74 Å². The minimum atomic E-state index is -3.85. The fourth-order valence-electron chi connectivity index (χ4n) is 1.91. The molecule has 2 rings (SSSR count). The van der Waals surface area contributed by atoms with Gasteiger partial charge in [0.25, 0.3) is 10.0 Å². The molecule has 140 valence electrons. The summed E-state index contributed by atoms with van der Waals surface area (Å²) in [5.41, 5.74) is -0.145. The molecule has 6 nitrogen and oxygen atoms in total. The fraction of sp³-hybridized carbons (Fsp3) is 0.235. The molecule has 2 aromatic rings. The number of rotatable bonds is 4. The van der Waals surface area contributed by atoms with Crippen molar-refractivity contribution in [1.29, 1.82) is 0 Å². The summed E-state index contributed by atoms with van der Waals surface area (Å²) in [6.45, 7) is 5.16. The van der Waals surface area contributed by atoms with Crippen molar-refractivity contribution in [3.63, 3.8) is 0 Å². The molecular weight excluding hydrogens is 444 g/mol. The van der Waals surface area contributed by atoms with Crippen LogP contribution in [-0.4, -0.2) is 20.1 Å². The van der Waals surface area contributed by atoms with Crippen molar-refractivity contribution >= 4 is 55.0 Å². The molecule has 0 fully saturated rings. The highest BCUT2D eigenvalue weighted by atomic mass is 79.9. The molecule has 9 heteroatoms. The normalized spacial score (nSPS) is 11.7. The van der Waals surface area contributed by atoms with Crippen molar-refractivity contribution in [3.8, 4) is 0 Å². The van der Waals surface area contributed by atoms with Gasteiger partial charge in [-0.1, -0.05) is 27.5 Å². The lowest BCUT2D eigenvalue weighted by atomic mass is 10.2. The molecule has 2 aromatic carbocycles. The number of halogens is 2. The Morgan fingerprint density at radius 3 is 2.31 bits per heavy atom. The van der Waals surface area contributed by atoms with E-state index in [-0.39, 0.29) is 15.6 Å². The molecule has 1 amide bonds. The highest BCUT2D eigenvalue weighted by molar-refractivity contribution is 9.10. The molecular formula is C17H18BrClN2O4S. The maximum absolute atomic E-state index is 12.6. The van der Waals surface area contributed by atoms with Crippen LogP contribution in [0, 0.1) is 0 Å². The summed E-state index contributed by atoms with van der Waals surface area (Å²) >= 11 is 9.34. The van der Waals surface area contributed by atoms with Crippen LogP contribution in [0.25, 0.3) is 0 Å². The van der Waals surface area contributed by atoms with Gasteiger partial charge >= 0.3 is 6.09 Å². The zero-order valence-corrected chi connectivity index (χ0v) is 17.5. The molecule has 0 unspecified atom stereocenters. The summed E-state index contributed by atoms with van der Waals surface area (Å²) in [4.78, 5) is 11.9. The van der Waals surface area contributed by atoms with Crippen LogP contribution < -0.4 is 10.0 Å². The second kappa shape index (κ2) is 7.85. The number of ether oxygens (including phenoxy) is 1. The van der Waals surface area contributed by atoms with Gasteiger partial charge in [0.15, 0.2) is 0 Å². The SMILES string of the molecule is CC(C)(C)OC(=O)Nc1cc(S(=O)(=O)Nc2ccc(Br)cc2)ccc1Cl. The van der Waals surface area contributed by atoms with Gasteiger partial charge in [-0.25, -0.2) is 13.2 Å². The largest absolute Gasteiger partial charge is 0.444 e. The average molecular weight is 462 g/mol. The molecule has 0 aliphatic heterocycles. The third-order valence-corrected chi connectivity index (χ3v) is 5.22. The van der Waals surface area contributed by atoms with Crippen molar-refractivity contribution in [3.05, 3.63) is 52.0 Å². The summed E-state index contributed by atoms with van der Waals surface area (Å²) in [5.74, 6) is 0. The first-order chi connectivity index (χ1) is 12.0. The summed E-state index contributed by atoms with van der Waals surface area (Å²) in [5, 5.41) is 2.65. The van der Waals surface area contributed by atoms with Crippen molar-refractivity contribution in [1.82, 2.24) is 0 Å². The Morgan fingerprint density at radius 2 is 1.73 bits per heavy atom. The molecule has 0 atom stereocenters. The van der Waals surface area contributed by atoms with Gasteiger partial charge in [0.1, 0.15) is 5.60 Å². The summed E-state index contributed by atoms with van der Waals surface area (Å²) in [7, 11) is -3.85. The minimum absolute atomic E-state index is 0.0455. The van der Waals surface area contributed by atoms with E-state index in [9.17, 15) is 13.2 Å². The second-order valence-electron chi connectivity index (χ2n) is 6.38. The summed E-state index contributed by atoms with van der Waals surface area (Å²) < 4.78 is 33.6. The number of hydrogen-bond donors (Lipinski definition) is 2. The van der Waals surface area contributed by atoms with Gasteiger partial charge in [-0.05, 0) is 63.2 Å². The molecule has 0 aliphatic rings. The Bertz CT molecular complexity index is 909. The number of anilines is 2. The Labute approximate surface area is 166 Å². The molecule has 26 heavy (non-hydrogen) atoms. The Balaban J connectivity index is 2.24. The van der Waals surface area contributed by atoms with Gasteiger partial charge in [-0.3, -0.25) is 10.0 Å². The molecule has 0 aliphatic carbocycles. The molecule has 0 spiro atoms. The van der Waals surface area contributed by atoms with Crippen LogP contribution in [0.1, 0.15) is 20.8 Å². The van der Waals surface area contributed by atoms with Crippen molar-refractivity contribution in [2.75, 3.05) is 10.0 Å². The van der Waals surface area contributed by atoms with Crippen LogP contribution >= 0.6 is 27.5 Å². The van der Waals surface area contributed by atoms with Crippen LogP contribution in [0.2, 0.25) is 5.02 Å². The lowest BCUT2D eigenvalue weighted by molar-refractivity contribution is 0.0636. The number of sulfonamides is 1. The van der Waals surface area contributed by atoms with Gasteiger partial charge in [0.05, 0.1) is 15.6 Å². The van der Waals surface area contributed by atoms with E-state index in [1.54, 1.807) is 45.0 Å². The molecule has 0 heterocycles. The maximum Gasteiger partial charge on any atom is 0.412 e. The van der Waals surface area contributed by atoms with Crippen molar-refractivity contribution in [2.45, 2.75) is 31.3 Å². The fourth-order valence-corrected chi connectivity index (χ4v) is 3.43. The lowest BCUT2D eigenvalue weighted by Gasteiger charge is -2.20. The third-order valence-electron chi connectivity index (χ3n) is 2.98. The number of carbonyl (C=O) groups excluding carboxylic acids is 1. The topological polar surface area (TPSA) is 84.5 Å². The van der Waals surface area contributed by atoms with Crippen LogP contribution in [-0.2, 0) is 14.8 Å². The van der Waals surface area contributed by atoms with Crippen LogP contribution in [0.5, 0.6) is 0 Å². The van der Waals surface area contributed by atoms with E-state index in [1.165, 1.54) is 18.2 Å². The van der Waals surface area contributed by atoms with E-state index in [4.69, 9.17) is 16.3 Å². The zero-order chi connectivity index (χ0) is 19.5. The predicted octanol–water partition coefficient (Wildman–Crippen LogP) is 5.25. The zero-order valence-electron chi connectivity index (χ0n) is 14.3. The number of nitrogens with one attached hydrogen (secondary N) is 2. The monoisotopic (exact) mass is 460 g/mol. The first-order valence-electron chi connectivity index (χ1n) is 7.54. The Kier molecular flexibility index (Phi) is 6.21. The molecule has 0 bridgehead atoms. The second-order valence-corrected chi connectivity index (χ2v) is 9.39. The number of amides is 1. The van der Waals surface area contributed by atoms with Crippen LogP contribution in [0.3, 0.4) is 0 Å². The van der Waals surface area contributed by atoms with Gasteiger partial charge in [0.2, 0.25) is 0 Å². The average Bonchev–Trinajstić information content (AvgIpc) is 2.49. The van der Waals surface area contributed by atoms with Crippen LogP contribution in [0.15, 0.2) is 51.8 Å². The van der Waals surface area contributed by atoms with E-state index in [0.29, 0.717) is 5.69 Å². The van der Waals surface area contributed by atoms with Crippen molar-refractivity contribution in [2.24, 2.45) is 0 Å². The van der Waals surface area contributed by atoms with Crippen LogP contribution in [0.4, 0.5) is 16.2 Å². The Morgan fingerprint density at radius 1 is 1.12 bits per heavy atom. The highest BCUT2D eigenvalue weighted by Gasteiger charge is 2.20. The number of carbonyl (C=O) groups is 1. The lowest BCUT2D eigenvalue weighted by Crippen LogP contribution is -2.27. The minimum Gasteiger partial charge on any atom is -0.444 e. The van der Waals surface area contributed by atoms with E-state index in [0.717, 1.165) is 4.47 Å². The van der Waals surface area contributed by atoms with E-state index in [2.05, 4.69) is 26.0 Å². The molecule has 2 N–H and O–H groups in total. The summed E-state index contributed by atoms with van der Waals surface area (Å²) in [6.07, 6.45) is -0.727. The van der Waals surface area contributed by atoms with E-state index in [1.807, 2.05) is 0 Å². The molecule has 0 radical (unpaired) electrons. The standard InChI is InChI=1S/C17H18BrClN2O4S/c1-17(2,3)25-16(22)20-15-10-13(8-9-14(15)19)26(23,24)21-12-6-4-11(18)5-7-12/h4-10,21H,1-3H3,(H,20,22). The quantitative estimate of drug-likeness (QED) is 0.651. The van der Waals surface area contributed by atoms with E-state index >= 15 is 0 Å². The van der Waals surface area contributed by atoms with Gasteiger partial charge in [-0.15, -0.1) is 0 Å².